The van der Waals surface area contributed by atoms with Gasteiger partial charge < -0.3 is 10.5 Å². The number of ether oxygens (including phenoxy) is 1. The van der Waals surface area contributed by atoms with Gasteiger partial charge in [0, 0.05) is 17.2 Å². The quantitative estimate of drug-likeness (QED) is 0.797. The first-order valence-corrected chi connectivity index (χ1v) is 8.79. The summed E-state index contributed by atoms with van der Waals surface area (Å²) >= 11 is 7.32. The predicted molar refractivity (Wildman–Crippen MR) is 94.0 cm³/mol. The average Bonchev–Trinajstić information content (AvgIpc) is 2.61. The molecular weight excluding hydrogens is 362 g/mol. The summed E-state index contributed by atoms with van der Waals surface area (Å²) in [7, 11) is 1.24. The molecule has 8 heteroatoms. The van der Waals surface area contributed by atoms with E-state index < -0.39 is 11.9 Å². The SMILES string of the molecule is COC(=O)C1=C(N)N2C(=O)CCSC2=C(C#N)C1c1ccc(Cl)cc1. The van der Waals surface area contributed by atoms with Crippen molar-refractivity contribution in [3.63, 3.8) is 0 Å². The molecule has 0 saturated carbocycles. The number of benzene rings is 1. The number of halogens is 1. The van der Waals surface area contributed by atoms with Crippen LogP contribution in [0.25, 0.3) is 0 Å². The number of hydrogen-bond donors (Lipinski definition) is 1. The number of fused-ring (bicyclic) bond motifs is 1. The Morgan fingerprint density at radius 2 is 2.12 bits per heavy atom. The van der Waals surface area contributed by atoms with E-state index in [2.05, 4.69) is 6.07 Å². The van der Waals surface area contributed by atoms with Crippen LogP contribution in [-0.4, -0.2) is 29.6 Å². The zero-order valence-electron chi connectivity index (χ0n) is 13.3. The van der Waals surface area contributed by atoms with Gasteiger partial charge >= 0.3 is 5.97 Å². The molecule has 3 rings (SSSR count). The van der Waals surface area contributed by atoms with E-state index in [0.29, 0.717) is 26.9 Å². The maximum absolute atomic E-state index is 12.4. The summed E-state index contributed by atoms with van der Waals surface area (Å²) in [4.78, 5) is 26.0. The van der Waals surface area contributed by atoms with Crippen molar-refractivity contribution in [2.75, 3.05) is 12.9 Å². The van der Waals surface area contributed by atoms with E-state index in [1.807, 2.05) is 0 Å². The van der Waals surface area contributed by atoms with Gasteiger partial charge in [-0.25, -0.2) is 4.79 Å². The van der Waals surface area contributed by atoms with Gasteiger partial charge in [-0.15, -0.1) is 11.8 Å². The Balaban J connectivity index is 2.26. The summed E-state index contributed by atoms with van der Waals surface area (Å²) in [5.74, 6) is -1.05. The summed E-state index contributed by atoms with van der Waals surface area (Å²) in [5.41, 5.74) is 7.24. The van der Waals surface area contributed by atoms with Gasteiger partial charge in [-0.1, -0.05) is 23.7 Å². The van der Waals surface area contributed by atoms with Crippen LogP contribution in [-0.2, 0) is 14.3 Å². The lowest BCUT2D eigenvalue weighted by atomic mass is 9.83. The van der Waals surface area contributed by atoms with Crippen molar-refractivity contribution >= 4 is 35.2 Å². The van der Waals surface area contributed by atoms with E-state index in [-0.39, 0.29) is 23.7 Å². The molecule has 2 aliphatic heterocycles. The van der Waals surface area contributed by atoms with Crippen LogP contribution in [0.4, 0.5) is 0 Å². The number of nitrogens with two attached hydrogens (primary N) is 1. The van der Waals surface area contributed by atoms with Crippen LogP contribution >= 0.6 is 23.4 Å². The van der Waals surface area contributed by atoms with Crippen molar-refractivity contribution in [1.82, 2.24) is 4.90 Å². The smallest absolute Gasteiger partial charge is 0.338 e. The molecule has 1 unspecified atom stereocenters. The minimum Gasteiger partial charge on any atom is -0.466 e. The molecule has 6 nitrogen and oxygen atoms in total. The fourth-order valence-corrected chi connectivity index (χ4v) is 4.18. The average molecular weight is 376 g/mol. The molecule has 25 heavy (non-hydrogen) atoms. The van der Waals surface area contributed by atoms with Gasteiger partial charge in [-0.3, -0.25) is 9.69 Å². The minimum atomic E-state index is -0.709. The second kappa shape index (κ2) is 6.82. The van der Waals surface area contributed by atoms with E-state index >= 15 is 0 Å². The van der Waals surface area contributed by atoms with Crippen molar-refractivity contribution in [2.24, 2.45) is 5.73 Å². The first-order chi connectivity index (χ1) is 12.0. The van der Waals surface area contributed by atoms with Crippen molar-refractivity contribution in [1.29, 1.82) is 5.26 Å². The summed E-state index contributed by atoms with van der Waals surface area (Å²) in [5, 5.41) is 10.8. The molecule has 2 heterocycles. The van der Waals surface area contributed by atoms with Crippen LogP contribution in [0, 0.1) is 11.3 Å². The molecule has 0 spiro atoms. The summed E-state index contributed by atoms with van der Waals surface area (Å²) < 4.78 is 4.86. The molecule has 128 valence electrons. The van der Waals surface area contributed by atoms with Gasteiger partial charge in [0.05, 0.1) is 35.3 Å². The molecule has 1 atom stereocenters. The number of thioether (sulfide) groups is 1. The summed E-state index contributed by atoms with van der Waals surface area (Å²) in [6, 6.07) is 8.95. The molecule has 0 aliphatic carbocycles. The topological polar surface area (TPSA) is 96.4 Å². The molecule has 1 aromatic carbocycles. The van der Waals surface area contributed by atoms with Crippen molar-refractivity contribution in [3.8, 4) is 6.07 Å². The molecule has 0 radical (unpaired) electrons. The Hall–Kier alpha value is -2.43. The molecule has 2 aliphatic rings. The molecule has 1 fully saturated rings. The highest BCUT2D eigenvalue weighted by molar-refractivity contribution is 8.03. The predicted octanol–water partition coefficient (Wildman–Crippen LogP) is 2.48. The number of methoxy groups -OCH3 is 1. The monoisotopic (exact) mass is 375 g/mol. The van der Waals surface area contributed by atoms with Crippen molar-refractivity contribution in [3.05, 3.63) is 56.8 Å². The van der Waals surface area contributed by atoms with E-state index in [9.17, 15) is 14.9 Å². The van der Waals surface area contributed by atoms with E-state index in [1.165, 1.54) is 23.8 Å². The molecule has 2 N–H and O–H groups in total. The number of esters is 1. The highest BCUT2D eigenvalue weighted by Gasteiger charge is 2.42. The van der Waals surface area contributed by atoms with Crippen LogP contribution in [0.2, 0.25) is 5.02 Å². The van der Waals surface area contributed by atoms with Crippen molar-refractivity contribution < 1.29 is 14.3 Å². The highest BCUT2D eigenvalue weighted by atomic mass is 35.5. The van der Waals surface area contributed by atoms with E-state index in [4.69, 9.17) is 22.1 Å². The Morgan fingerprint density at radius 3 is 2.72 bits per heavy atom. The van der Waals surface area contributed by atoms with Gasteiger partial charge in [0.1, 0.15) is 5.82 Å². The normalized spacial score (nSPS) is 20.3. The number of nitriles is 1. The van der Waals surface area contributed by atoms with Crippen LogP contribution in [0.5, 0.6) is 0 Å². The maximum Gasteiger partial charge on any atom is 0.338 e. The molecule has 1 aromatic rings. The van der Waals surface area contributed by atoms with Gasteiger partial charge in [0.25, 0.3) is 0 Å². The van der Waals surface area contributed by atoms with Gasteiger partial charge in [-0.05, 0) is 17.7 Å². The number of allylic oxidation sites excluding steroid dienone is 1. The second-order valence-electron chi connectivity index (χ2n) is 5.43. The largest absolute Gasteiger partial charge is 0.466 e. The molecule has 0 bridgehead atoms. The Bertz CT molecular complexity index is 855. The van der Waals surface area contributed by atoms with Gasteiger partial charge in [0.15, 0.2) is 0 Å². The van der Waals surface area contributed by atoms with Crippen LogP contribution < -0.4 is 5.73 Å². The summed E-state index contributed by atoms with van der Waals surface area (Å²) in [6.45, 7) is 0. The number of nitrogens with zero attached hydrogens (tertiary/aromatic N) is 2. The van der Waals surface area contributed by atoms with Gasteiger partial charge in [-0.2, -0.15) is 5.26 Å². The third-order valence-electron chi connectivity index (χ3n) is 4.06. The third-order valence-corrected chi connectivity index (χ3v) is 5.40. The fourth-order valence-electron chi connectivity index (χ4n) is 2.94. The fraction of sp³-hybridized carbons (Fsp3) is 0.235. The summed E-state index contributed by atoms with van der Waals surface area (Å²) in [6.07, 6.45) is 0.285. The zero-order chi connectivity index (χ0) is 18.1. The molecule has 1 amide bonds. The minimum absolute atomic E-state index is 0.0120. The first kappa shape index (κ1) is 17.4. The number of rotatable bonds is 2. The molecular formula is C17H14ClN3O3S. The highest BCUT2D eigenvalue weighted by Crippen LogP contribution is 2.46. The number of carbonyl (C=O) groups is 2. The number of hydrogen-bond acceptors (Lipinski definition) is 6. The molecule has 0 aromatic heterocycles. The zero-order valence-corrected chi connectivity index (χ0v) is 14.9. The van der Waals surface area contributed by atoms with Crippen molar-refractivity contribution in [2.45, 2.75) is 12.3 Å². The standard InChI is InChI=1S/C17H14ClN3O3S/c1-24-17(23)14-13(9-2-4-10(18)5-3-9)11(8-19)16-21(15(14)20)12(22)6-7-25-16/h2-5,13H,6-7,20H2,1H3. The first-order valence-electron chi connectivity index (χ1n) is 7.43. The molecule has 1 saturated heterocycles. The van der Waals surface area contributed by atoms with Crippen LogP contribution in [0.15, 0.2) is 46.3 Å². The number of amides is 1. The lowest BCUT2D eigenvalue weighted by molar-refractivity contribution is -0.136. The van der Waals surface area contributed by atoms with Gasteiger partial charge in [0.2, 0.25) is 5.91 Å². The van der Waals surface area contributed by atoms with E-state index in [0.717, 1.165) is 0 Å². The lowest BCUT2D eigenvalue weighted by Crippen LogP contribution is -2.42. The second-order valence-corrected chi connectivity index (χ2v) is 6.95. The maximum atomic E-state index is 12.4. The van der Waals surface area contributed by atoms with E-state index in [1.54, 1.807) is 24.3 Å². The third kappa shape index (κ3) is 2.88. The Labute approximate surface area is 153 Å². The number of carbonyl (C=O) groups excluding carboxylic acids is 2. The lowest BCUT2D eigenvalue weighted by Gasteiger charge is -2.37. The Kier molecular flexibility index (Phi) is 4.75. The Morgan fingerprint density at radius 1 is 1.44 bits per heavy atom. The van der Waals surface area contributed by atoms with Crippen LogP contribution in [0.3, 0.4) is 0 Å². The van der Waals surface area contributed by atoms with Crippen LogP contribution in [0.1, 0.15) is 17.9 Å².